The molecule has 0 atom stereocenters. The van der Waals surface area contributed by atoms with E-state index in [0.717, 1.165) is 11.5 Å². The average molecular weight is 353 g/mol. The number of pyridine rings is 1. The zero-order chi connectivity index (χ0) is 18.4. The van der Waals surface area contributed by atoms with Crippen LogP contribution in [0.15, 0.2) is 70.6 Å². The normalized spacial score (nSPS) is 11.2. The molecule has 0 aliphatic carbocycles. The molecule has 2 aromatic heterocycles. The van der Waals surface area contributed by atoms with Crippen molar-refractivity contribution in [3.05, 3.63) is 72.3 Å². The van der Waals surface area contributed by atoms with E-state index in [0.29, 0.717) is 29.6 Å². The molecule has 7 heteroatoms. The number of aromatic nitrogens is 1. The van der Waals surface area contributed by atoms with Gasteiger partial charge in [0, 0.05) is 13.2 Å². The Hall–Kier alpha value is -3.48. The highest BCUT2D eigenvalue weighted by Gasteiger charge is 2.18. The molecule has 3 rings (SSSR count). The van der Waals surface area contributed by atoms with Crippen LogP contribution in [0.2, 0.25) is 0 Å². The summed E-state index contributed by atoms with van der Waals surface area (Å²) in [4.78, 5) is 6.02. The fraction of sp³-hybridized carbons (Fsp3) is 0.158. The molecule has 0 saturated heterocycles. The SMILES string of the molecule is COc1ccc(Oc2ncccc2/C(=N/O)N(C)Cc2ccco2)cc1. The van der Waals surface area contributed by atoms with Gasteiger partial charge >= 0.3 is 0 Å². The summed E-state index contributed by atoms with van der Waals surface area (Å²) in [5, 5.41) is 13.0. The number of hydrogen-bond donors (Lipinski definition) is 1. The standard InChI is InChI=1S/C19H19N3O4/c1-22(13-16-5-4-12-25-16)18(21-23)17-6-3-11-20-19(17)26-15-9-7-14(24-2)8-10-15/h3-12,23H,13H2,1-2H3/b21-18-. The number of furan rings is 1. The lowest BCUT2D eigenvalue weighted by molar-refractivity contribution is 0.302. The van der Waals surface area contributed by atoms with Gasteiger partial charge in [-0.15, -0.1) is 0 Å². The summed E-state index contributed by atoms with van der Waals surface area (Å²) < 4.78 is 16.4. The lowest BCUT2D eigenvalue weighted by atomic mass is 10.2. The molecule has 3 aromatic rings. The van der Waals surface area contributed by atoms with Gasteiger partial charge in [-0.25, -0.2) is 4.98 Å². The first-order chi connectivity index (χ1) is 12.7. The zero-order valence-electron chi connectivity index (χ0n) is 14.5. The van der Waals surface area contributed by atoms with Gasteiger partial charge in [0.15, 0.2) is 5.84 Å². The van der Waals surface area contributed by atoms with Gasteiger partial charge < -0.3 is 24.0 Å². The highest BCUT2D eigenvalue weighted by molar-refractivity contribution is 6.00. The molecule has 26 heavy (non-hydrogen) atoms. The number of hydrogen-bond acceptors (Lipinski definition) is 6. The molecule has 0 bridgehead atoms. The Kier molecular flexibility index (Phi) is 5.38. The van der Waals surface area contributed by atoms with Gasteiger partial charge in [0.1, 0.15) is 17.3 Å². The average Bonchev–Trinajstić information content (AvgIpc) is 3.17. The van der Waals surface area contributed by atoms with Crippen LogP contribution in [0, 0.1) is 0 Å². The van der Waals surface area contributed by atoms with Gasteiger partial charge in [-0.05, 0) is 48.5 Å². The second-order valence-electron chi connectivity index (χ2n) is 5.49. The molecule has 0 amide bonds. The number of rotatable bonds is 6. The maximum Gasteiger partial charge on any atom is 0.230 e. The van der Waals surface area contributed by atoms with E-state index in [4.69, 9.17) is 13.9 Å². The lowest BCUT2D eigenvalue weighted by Crippen LogP contribution is -2.27. The van der Waals surface area contributed by atoms with Crippen LogP contribution in [-0.4, -0.2) is 35.1 Å². The number of ether oxygens (including phenoxy) is 2. The molecule has 2 heterocycles. The summed E-state index contributed by atoms with van der Waals surface area (Å²) in [6.07, 6.45) is 3.21. The number of methoxy groups -OCH3 is 1. The van der Waals surface area contributed by atoms with Gasteiger partial charge in [0.2, 0.25) is 5.88 Å². The topological polar surface area (TPSA) is 80.3 Å². The predicted octanol–water partition coefficient (Wildman–Crippen LogP) is 3.74. The first-order valence-electron chi connectivity index (χ1n) is 7.94. The molecule has 0 fully saturated rings. The van der Waals surface area contributed by atoms with E-state index in [1.165, 1.54) is 0 Å². The van der Waals surface area contributed by atoms with Gasteiger partial charge in [0.05, 0.1) is 25.5 Å². The van der Waals surface area contributed by atoms with Crippen LogP contribution in [0.4, 0.5) is 0 Å². The number of nitrogens with zero attached hydrogens (tertiary/aromatic N) is 3. The van der Waals surface area contributed by atoms with Crippen LogP contribution in [0.5, 0.6) is 17.4 Å². The van der Waals surface area contributed by atoms with Crippen LogP contribution < -0.4 is 9.47 Å². The summed E-state index contributed by atoms with van der Waals surface area (Å²) in [5.41, 5.74) is 0.555. The quantitative estimate of drug-likeness (QED) is 0.315. The van der Waals surface area contributed by atoms with Crippen LogP contribution in [0.25, 0.3) is 0 Å². The fourth-order valence-corrected chi connectivity index (χ4v) is 2.44. The van der Waals surface area contributed by atoms with E-state index >= 15 is 0 Å². The summed E-state index contributed by atoms with van der Waals surface area (Å²) in [7, 11) is 3.40. The van der Waals surface area contributed by atoms with E-state index in [9.17, 15) is 5.21 Å². The molecule has 0 saturated carbocycles. The minimum atomic E-state index is 0.318. The molecule has 0 spiro atoms. The molecule has 1 N–H and O–H groups in total. The third-order valence-corrected chi connectivity index (χ3v) is 3.72. The summed E-state index contributed by atoms with van der Waals surface area (Å²) in [6, 6.07) is 14.3. The van der Waals surface area contributed by atoms with Crippen molar-refractivity contribution in [1.29, 1.82) is 0 Å². The maximum atomic E-state index is 9.55. The van der Waals surface area contributed by atoms with Crippen LogP contribution in [0.1, 0.15) is 11.3 Å². The largest absolute Gasteiger partial charge is 0.497 e. The van der Waals surface area contributed by atoms with E-state index < -0.39 is 0 Å². The summed E-state index contributed by atoms with van der Waals surface area (Å²) in [6.45, 7) is 0.434. The van der Waals surface area contributed by atoms with Crippen molar-refractivity contribution >= 4 is 5.84 Å². The first-order valence-corrected chi connectivity index (χ1v) is 7.94. The summed E-state index contributed by atoms with van der Waals surface area (Å²) >= 11 is 0. The number of oxime groups is 1. The third kappa shape index (κ3) is 3.94. The fourth-order valence-electron chi connectivity index (χ4n) is 2.44. The monoisotopic (exact) mass is 353 g/mol. The van der Waals surface area contributed by atoms with Crippen molar-refractivity contribution in [2.75, 3.05) is 14.2 Å². The van der Waals surface area contributed by atoms with Gasteiger partial charge in [-0.1, -0.05) is 5.16 Å². The first kappa shape index (κ1) is 17.3. The Morgan fingerprint density at radius 1 is 1.15 bits per heavy atom. The van der Waals surface area contributed by atoms with Crippen molar-refractivity contribution in [1.82, 2.24) is 9.88 Å². The lowest BCUT2D eigenvalue weighted by Gasteiger charge is -2.20. The minimum absolute atomic E-state index is 0.318. The van der Waals surface area contributed by atoms with Crippen LogP contribution in [-0.2, 0) is 6.54 Å². The maximum absolute atomic E-state index is 9.55. The highest BCUT2D eigenvalue weighted by atomic mass is 16.5. The number of amidine groups is 1. The molecule has 0 radical (unpaired) electrons. The Balaban J connectivity index is 1.84. The Bertz CT molecular complexity index is 861. The van der Waals surface area contributed by atoms with Crippen molar-refractivity contribution in [3.63, 3.8) is 0 Å². The zero-order valence-corrected chi connectivity index (χ0v) is 14.5. The second-order valence-corrected chi connectivity index (χ2v) is 5.49. The molecular weight excluding hydrogens is 334 g/mol. The molecule has 0 unspecified atom stereocenters. The Labute approximate surface area is 151 Å². The van der Waals surface area contributed by atoms with Crippen molar-refractivity contribution in [2.24, 2.45) is 5.16 Å². The molecule has 0 aliphatic heterocycles. The van der Waals surface area contributed by atoms with E-state index in [1.807, 2.05) is 6.07 Å². The van der Waals surface area contributed by atoms with E-state index in [1.54, 1.807) is 74.0 Å². The highest BCUT2D eigenvalue weighted by Crippen LogP contribution is 2.26. The smallest absolute Gasteiger partial charge is 0.230 e. The van der Waals surface area contributed by atoms with Gasteiger partial charge in [0.25, 0.3) is 0 Å². The number of benzene rings is 1. The molecule has 1 aromatic carbocycles. The van der Waals surface area contributed by atoms with Crippen molar-refractivity contribution in [2.45, 2.75) is 6.54 Å². The van der Waals surface area contributed by atoms with Gasteiger partial charge in [-0.2, -0.15) is 0 Å². The molecular formula is C19H19N3O4. The molecule has 0 aliphatic rings. The molecule has 134 valence electrons. The molecule has 7 nitrogen and oxygen atoms in total. The second kappa shape index (κ2) is 8.06. The van der Waals surface area contributed by atoms with Crippen molar-refractivity contribution < 1.29 is 19.1 Å². The minimum Gasteiger partial charge on any atom is -0.497 e. The van der Waals surface area contributed by atoms with Crippen molar-refractivity contribution in [3.8, 4) is 17.4 Å². The van der Waals surface area contributed by atoms with Crippen LogP contribution >= 0.6 is 0 Å². The third-order valence-electron chi connectivity index (χ3n) is 3.72. The Morgan fingerprint density at radius 3 is 2.58 bits per heavy atom. The Morgan fingerprint density at radius 2 is 1.92 bits per heavy atom. The van der Waals surface area contributed by atoms with E-state index in [2.05, 4.69) is 10.1 Å². The van der Waals surface area contributed by atoms with E-state index in [-0.39, 0.29) is 0 Å². The summed E-state index contributed by atoms with van der Waals surface area (Å²) in [5.74, 6) is 2.72. The predicted molar refractivity (Wildman–Crippen MR) is 95.8 cm³/mol. The van der Waals surface area contributed by atoms with Crippen LogP contribution in [0.3, 0.4) is 0 Å². The van der Waals surface area contributed by atoms with Gasteiger partial charge in [-0.3, -0.25) is 0 Å².